The molecule has 0 saturated heterocycles. The molecule has 7 nitrogen and oxygen atoms in total. The second-order valence-corrected chi connectivity index (χ2v) is 6.70. The number of hydrogen-bond acceptors (Lipinski definition) is 6. The van der Waals surface area contributed by atoms with Crippen molar-refractivity contribution >= 4 is 22.2 Å². The normalized spacial score (nSPS) is 15.8. The van der Waals surface area contributed by atoms with Crippen LogP contribution in [0.15, 0.2) is 30.5 Å². The van der Waals surface area contributed by atoms with Gasteiger partial charge in [-0.2, -0.15) is 8.78 Å². The van der Waals surface area contributed by atoms with Crippen molar-refractivity contribution in [3.05, 3.63) is 41.5 Å². The van der Waals surface area contributed by atoms with Crippen LogP contribution in [0.2, 0.25) is 0 Å². The number of alkyl halides is 2. The maximum Gasteiger partial charge on any atom is 1.00 e. The number of halogens is 2. The van der Waals surface area contributed by atoms with Crippen LogP contribution in [0.5, 0.6) is 17.2 Å². The summed E-state index contributed by atoms with van der Waals surface area (Å²) >= 11 is 0. The number of pyridine rings is 1. The molecule has 0 bridgehead atoms. The Labute approximate surface area is 179 Å². The van der Waals surface area contributed by atoms with Gasteiger partial charge in [0.25, 0.3) is 0 Å². The van der Waals surface area contributed by atoms with E-state index in [1.807, 2.05) is 0 Å². The van der Waals surface area contributed by atoms with Gasteiger partial charge in [-0.1, -0.05) is 6.07 Å². The molecule has 27 heavy (non-hydrogen) atoms. The molecular formula is C16H16F2N3NaO4S. The van der Waals surface area contributed by atoms with Crippen molar-refractivity contribution in [3.63, 3.8) is 0 Å². The molecule has 1 aliphatic heterocycles. The largest absolute Gasteiger partial charge is 1.00 e. The Morgan fingerprint density at radius 1 is 1.30 bits per heavy atom. The van der Waals surface area contributed by atoms with E-state index in [2.05, 4.69) is 20.4 Å². The number of methoxy groups -OCH3 is 2. The van der Waals surface area contributed by atoms with Crippen LogP contribution in [0, 0.1) is 0 Å². The fourth-order valence-corrected chi connectivity index (χ4v) is 3.63. The third-order valence-electron chi connectivity index (χ3n) is 3.62. The van der Waals surface area contributed by atoms with Gasteiger partial charge >= 0.3 is 36.2 Å². The number of anilines is 1. The van der Waals surface area contributed by atoms with Gasteiger partial charge < -0.3 is 24.8 Å². The van der Waals surface area contributed by atoms with E-state index >= 15 is 0 Å². The monoisotopic (exact) mass is 407 g/mol. The minimum absolute atomic E-state index is 0. The molecule has 11 heteroatoms. The van der Waals surface area contributed by atoms with Crippen LogP contribution in [0.1, 0.15) is 5.69 Å². The standard InChI is InChI=1S/C16H16F2N3O4S.Na/c1-23-13-5-6-19-12(14(13)24-2)8-26(22)16-20-10-4-3-9(25-15(17)18)7-11(10)21-16;/h3-7,15-16,21H,8H2,1-2H3;/q-1;+1/t16?,26-;/m0./s1. The van der Waals surface area contributed by atoms with Gasteiger partial charge in [-0.25, -0.2) is 0 Å². The summed E-state index contributed by atoms with van der Waals surface area (Å²) in [5.74, 6) is 0.981. The summed E-state index contributed by atoms with van der Waals surface area (Å²) < 4.78 is 52.1. The van der Waals surface area contributed by atoms with Crippen LogP contribution >= 0.6 is 0 Å². The summed E-state index contributed by atoms with van der Waals surface area (Å²) in [4.78, 5) is 4.19. The first-order valence-electron chi connectivity index (χ1n) is 7.51. The van der Waals surface area contributed by atoms with E-state index in [1.54, 1.807) is 6.07 Å². The average molecular weight is 407 g/mol. The summed E-state index contributed by atoms with van der Waals surface area (Å²) in [5, 5.41) is 7.25. The van der Waals surface area contributed by atoms with Crippen LogP contribution in [0.3, 0.4) is 0 Å². The molecule has 0 radical (unpaired) electrons. The summed E-state index contributed by atoms with van der Waals surface area (Å²) in [6.07, 6.45) is 1.54. The average Bonchev–Trinajstić information content (AvgIpc) is 3.04. The van der Waals surface area contributed by atoms with Crippen LogP contribution < -0.4 is 49.1 Å². The van der Waals surface area contributed by atoms with Crippen molar-refractivity contribution in [1.82, 2.24) is 4.98 Å². The van der Waals surface area contributed by atoms with E-state index in [-0.39, 0.29) is 41.1 Å². The first-order chi connectivity index (χ1) is 12.5. The smallest absolute Gasteiger partial charge is 0.653 e. The molecule has 1 aliphatic rings. The van der Waals surface area contributed by atoms with Gasteiger partial charge in [0.2, 0.25) is 0 Å². The number of aromatic nitrogens is 1. The van der Waals surface area contributed by atoms with Crippen molar-refractivity contribution in [1.29, 1.82) is 0 Å². The molecular weight excluding hydrogens is 391 g/mol. The SMILES string of the molecule is COc1ccnc(C[S@](=O)C2[N-]c3ccc(OC(F)F)cc3N2)c1OC.[Na+]. The first-order valence-corrected chi connectivity index (χ1v) is 8.89. The van der Waals surface area contributed by atoms with E-state index in [4.69, 9.17) is 9.47 Å². The number of nitrogens with zero attached hydrogens (tertiary/aromatic N) is 2. The molecule has 0 saturated carbocycles. The molecule has 0 aliphatic carbocycles. The molecule has 1 aromatic heterocycles. The number of hydrogen-bond donors (Lipinski definition) is 1. The second kappa shape index (κ2) is 9.54. The number of benzene rings is 1. The van der Waals surface area contributed by atoms with E-state index in [9.17, 15) is 13.0 Å². The molecule has 0 amide bonds. The Kier molecular flexibility index (Phi) is 7.66. The van der Waals surface area contributed by atoms with Crippen molar-refractivity contribution in [3.8, 4) is 17.2 Å². The van der Waals surface area contributed by atoms with Gasteiger partial charge in [-0.05, 0) is 6.07 Å². The Morgan fingerprint density at radius 2 is 2.07 bits per heavy atom. The zero-order valence-corrected chi connectivity index (χ0v) is 17.8. The Morgan fingerprint density at radius 3 is 2.74 bits per heavy atom. The summed E-state index contributed by atoms with van der Waals surface area (Å²) in [5.41, 5.74) is 0.743. The maximum absolute atomic E-state index is 12.7. The van der Waals surface area contributed by atoms with E-state index in [0.717, 1.165) is 0 Å². The minimum Gasteiger partial charge on any atom is -0.653 e. The van der Waals surface area contributed by atoms with Gasteiger partial charge in [0.1, 0.15) is 5.75 Å². The fraction of sp³-hybridized carbons (Fsp3) is 0.312. The second-order valence-electron chi connectivity index (χ2n) is 5.20. The van der Waals surface area contributed by atoms with Gasteiger partial charge in [0.15, 0.2) is 11.5 Å². The molecule has 140 valence electrons. The van der Waals surface area contributed by atoms with Gasteiger partial charge in [-0.3, -0.25) is 9.19 Å². The third-order valence-corrected chi connectivity index (χ3v) is 4.90. The van der Waals surface area contributed by atoms with Crippen molar-refractivity contribution < 1.29 is 56.8 Å². The minimum atomic E-state index is -2.91. The summed E-state index contributed by atoms with van der Waals surface area (Å²) in [6.45, 7) is -2.91. The summed E-state index contributed by atoms with van der Waals surface area (Å²) in [7, 11) is 1.50. The van der Waals surface area contributed by atoms with Crippen LogP contribution in [0.25, 0.3) is 5.32 Å². The van der Waals surface area contributed by atoms with Crippen LogP contribution in [-0.4, -0.2) is 35.5 Å². The van der Waals surface area contributed by atoms with Crippen molar-refractivity contribution in [2.75, 3.05) is 19.5 Å². The maximum atomic E-state index is 12.7. The molecule has 2 aromatic rings. The molecule has 2 atom stereocenters. The van der Waals surface area contributed by atoms with Crippen molar-refractivity contribution in [2.24, 2.45) is 0 Å². The molecule has 2 heterocycles. The molecule has 3 rings (SSSR count). The topological polar surface area (TPSA) is 83.8 Å². The Balaban J connectivity index is 0.00000261. The molecule has 1 unspecified atom stereocenters. The molecule has 1 N–H and O–H groups in total. The van der Waals surface area contributed by atoms with Crippen LogP contribution in [-0.2, 0) is 16.6 Å². The quantitative estimate of drug-likeness (QED) is 0.668. The van der Waals surface area contributed by atoms with E-state index in [0.29, 0.717) is 28.6 Å². The molecule has 0 fully saturated rings. The number of fused-ring (bicyclic) bond motifs is 1. The molecule has 1 aromatic carbocycles. The van der Waals surface area contributed by atoms with Gasteiger partial charge in [0.05, 0.1) is 25.7 Å². The number of ether oxygens (including phenoxy) is 3. The number of rotatable bonds is 7. The zero-order valence-electron chi connectivity index (χ0n) is 14.9. The predicted octanol–water partition coefficient (Wildman–Crippen LogP) is 0.367. The van der Waals surface area contributed by atoms with Gasteiger partial charge in [-0.15, -0.1) is 5.69 Å². The summed E-state index contributed by atoms with van der Waals surface area (Å²) in [6, 6.07) is 5.95. The zero-order chi connectivity index (χ0) is 18.7. The van der Waals surface area contributed by atoms with Crippen LogP contribution in [0.4, 0.5) is 20.2 Å². The number of nitrogens with one attached hydrogen (secondary N) is 1. The first kappa shape index (κ1) is 21.7. The van der Waals surface area contributed by atoms with Gasteiger partial charge in [0, 0.05) is 40.3 Å². The predicted molar refractivity (Wildman–Crippen MR) is 92.7 cm³/mol. The third kappa shape index (κ3) is 5.01. The van der Waals surface area contributed by atoms with E-state index in [1.165, 1.54) is 38.6 Å². The van der Waals surface area contributed by atoms with Crippen molar-refractivity contribution in [2.45, 2.75) is 17.9 Å². The van der Waals surface area contributed by atoms with E-state index < -0.39 is 22.9 Å². The Hall–Kier alpha value is -1.62. The Bertz CT molecular complexity index is 828. The molecule has 0 spiro atoms. The fourth-order valence-electron chi connectivity index (χ4n) is 2.50.